The van der Waals surface area contributed by atoms with Crippen LogP contribution in [0.15, 0.2) is 78.4 Å². The smallest absolute Gasteiger partial charge is 0.111 e. The van der Waals surface area contributed by atoms with Crippen LogP contribution in [-0.2, 0) is 23.7 Å². The van der Waals surface area contributed by atoms with Crippen molar-refractivity contribution < 1.29 is 39.0 Å². The highest BCUT2D eigenvalue weighted by Crippen LogP contribution is 2.49. The molecule has 5 saturated heterocycles. The fourth-order valence-electron chi connectivity index (χ4n) is 9.51. The fraction of sp³-hybridized carbons (Fsp3) is 0.689. The van der Waals surface area contributed by atoms with Crippen LogP contribution in [0.2, 0.25) is 0 Å². The van der Waals surface area contributed by atoms with Gasteiger partial charge in [-0.1, -0.05) is 73.7 Å². The Labute approximate surface area is 318 Å². The van der Waals surface area contributed by atoms with Crippen LogP contribution in [0.4, 0.5) is 0 Å². The van der Waals surface area contributed by atoms with E-state index in [2.05, 4.69) is 46.4 Å². The molecule has 0 bridgehead atoms. The Balaban J connectivity index is 1.09. The van der Waals surface area contributed by atoms with E-state index in [1.807, 2.05) is 56.3 Å². The maximum Gasteiger partial charge on any atom is 0.111 e. The molecule has 0 aliphatic carbocycles. The van der Waals surface area contributed by atoms with Gasteiger partial charge in [0.25, 0.3) is 0 Å². The third-order valence-corrected chi connectivity index (χ3v) is 13.1. The number of allylic oxidation sites excluding steroid dienone is 6. The molecule has 3 N–H and O–H groups in total. The van der Waals surface area contributed by atoms with E-state index in [-0.39, 0.29) is 48.6 Å². The largest absolute Gasteiger partial charge is 0.390 e. The van der Waals surface area contributed by atoms with Gasteiger partial charge in [0.2, 0.25) is 0 Å². The number of hydrogen-bond donors (Lipinski definition) is 3. The van der Waals surface area contributed by atoms with Gasteiger partial charge >= 0.3 is 0 Å². The van der Waals surface area contributed by atoms with Crippen molar-refractivity contribution in [1.82, 2.24) is 0 Å². The topological polar surface area (TPSA) is 107 Å². The third kappa shape index (κ3) is 9.29. The number of ether oxygens (including phenoxy) is 5. The summed E-state index contributed by atoms with van der Waals surface area (Å²) in [5, 5.41) is 33.9. The molecule has 5 heterocycles. The average Bonchev–Trinajstić information content (AvgIpc) is 3.38. The standard InChI is InChI=1S/C45H66O8/c1-8-9-10-14-20-39-43(5,48)23-21-36-37(49-39)22-24-44(6)41(50-36)27-38-42(53-44)34(47)28-45(7)40(51-38)26-31(4)35(52-45)19-15-16-29(2)30(3)25-33(46)32-17-12-11-13-18-32/h8-13,16-18,25,31,33-42,46-48H,1,14-15,19-24,26-28H2,2-7H3/b10-9-,29-16+,30-25+. The average molecular weight is 735 g/mol. The third-order valence-electron chi connectivity index (χ3n) is 13.1. The van der Waals surface area contributed by atoms with Crippen molar-refractivity contribution in [2.24, 2.45) is 5.92 Å². The predicted molar refractivity (Wildman–Crippen MR) is 207 cm³/mol. The molecule has 1 aromatic rings. The van der Waals surface area contributed by atoms with Gasteiger partial charge in [-0.3, -0.25) is 0 Å². The van der Waals surface area contributed by atoms with Crippen LogP contribution in [0.5, 0.6) is 0 Å². The van der Waals surface area contributed by atoms with E-state index in [9.17, 15) is 15.3 Å². The van der Waals surface area contributed by atoms with Crippen molar-refractivity contribution in [1.29, 1.82) is 0 Å². The van der Waals surface area contributed by atoms with Crippen LogP contribution in [-0.4, -0.2) is 87.1 Å². The van der Waals surface area contributed by atoms with E-state index in [1.165, 1.54) is 0 Å². The van der Waals surface area contributed by atoms with Gasteiger partial charge in [0.05, 0.1) is 71.7 Å². The first kappa shape index (κ1) is 40.5. The van der Waals surface area contributed by atoms with Gasteiger partial charge in [0.15, 0.2) is 0 Å². The number of fused-ring (bicyclic) bond motifs is 4. The number of benzene rings is 1. The molecular weight excluding hydrogens is 668 g/mol. The minimum atomic E-state index is -0.930. The molecule has 0 radical (unpaired) electrons. The number of rotatable bonds is 10. The predicted octanol–water partition coefficient (Wildman–Crippen LogP) is 8.01. The van der Waals surface area contributed by atoms with Gasteiger partial charge < -0.3 is 39.0 Å². The van der Waals surface area contributed by atoms with Gasteiger partial charge in [0.1, 0.15) is 6.10 Å². The van der Waals surface area contributed by atoms with Crippen LogP contribution in [0, 0.1) is 5.92 Å². The first-order valence-electron chi connectivity index (χ1n) is 20.3. The molecule has 53 heavy (non-hydrogen) atoms. The zero-order valence-electron chi connectivity index (χ0n) is 33.0. The summed E-state index contributed by atoms with van der Waals surface area (Å²) in [7, 11) is 0. The lowest BCUT2D eigenvalue weighted by Crippen LogP contribution is -2.59. The van der Waals surface area contributed by atoms with Crippen molar-refractivity contribution in [3.8, 4) is 0 Å². The van der Waals surface area contributed by atoms with E-state index < -0.39 is 35.1 Å². The molecule has 0 saturated carbocycles. The molecule has 6 rings (SSSR count). The first-order valence-corrected chi connectivity index (χ1v) is 20.3. The zero-order valence-corrected chi connectivity index (χ0v) is 33.0. The van der Waals surface area contributed by atoms with E-state index >= 15 is 0 Å². The molecule has 0 amide bonds. The second kappa shape index (κ2) is 16.9. The van der Waals surface area contributed by atoms with Gasteiger partial charge in [-0.2, -0.15) is 0 Å². The Kier molecular flexibility index (Phi) is 12.9. The Morgan fingerprint density at radius 3 is 2.34 bits per heavy atom. The molecule has 1 aromatic carbocycles. The van der Waals surface area contributed by atoms with Crippen LogP contribution >= 0.6 is 0 Å². The quantitative estimate of drug-likeness (QED) is 0.208. The maximum atomic E-state index is 11.8. The van der Waals surface area contributed by atoms with Crippen molar-refractivity contribution >= 4 is 0 Å². The number of hydrogen-bond acceptors (Lipinski definition) is 8. The molecule has 294 valence electrons. The summed E-state index contributed by atoms with van der Waals surface area (Å²) in [6, 6.07) is 9.72. The Morgan fingerprint density at radius 2 is 1.58 bits per heavy atom. The summed E-state index contributed by atoms with van der Waals surface area (Å²) in [6.45, 7) is 16.3. The molecular formula is C45H66O8. The molecule has 8 nitrogen and oxygen atoms in total. The molecule has 5 aliphatic heterocycles. The van der Waals surface area contributed by atoms with Crippen molar-refractivity contribution in [2.75, 3.05) is 0 Å². The Morgan fingerprint density at radius 1 is 0.887 bits per heavy atom. The second-order valence-corrected chi connectivity index (χ2v) is 17.4. The molecule has 0 aromatic heterocycles. The normalized spacial score (nSPS) is 43.0. The lowest BCUT2D eigenvalue weighted by atomic mass is 9.79. The first-order chi connectivity index (χ1) is 25.2. The highest BCUT2D eigenvalue weighted by Gasteiger charge is 2.58. The van der Waals surface area contributed by atoms with Gasteiger partial charge in [0, 0.05) is 12.8 Å². The van der Waals surface area contributed by atoms with E-state index in [0.717, 1.165) is 61.7 Å². The van der Waals surface area contributed by atoms with Crippen LogP contribution < -0.4 is 0 Å². The minimum absolute atomic E-state index is 0.0366. The second-order valence-electron chi connectivity index (χ2n) is 17.4. The Hall–Kier alpha value is -2.14. The maximum absolute atomic E-state index is 11.8. The lowest BCUT2D eigenvalue weighted by molar-refractivity contribution is -0.273. The van der Waals surface area contributed by atoms with Crippen LogP contribution in [0.25, 0.3) is 0 Å². The van der Waals surface area contributed by atoms with Gasteiger partial charge in [-0.25, -0.2) is 0 Å². The van der Waals surface area contributed by atoms with Crippen molar-refractivity contribution in [3.63, 3.8) is 0 Å². The monoisotopic (exact) mass is 734 g/mol. The van der Waals surface area contributed by atoms with E-state index in [0.29, 0.717) is 25.7 Å². The highest BCUT2D eigenvalue weighted by molar-refractivity contribution is 5.31. The van der Waals surface area contributed by atoms with Gasteiger partial charge in [-0.15, -0.1) is 0 Å². The molecule has 5 fully saturated rings. The van der Waals surface area contributed by atoms with Crippen LogP contribution in [0.1, 0.15) is 124 Å². The summed E-state index contributed by atoms with van der Waals surface area (Å²) in [5.41, 5.74) is 0.938. The summed E-state index contributed by atoms with van der Waals surface area (Å²) in [4.78, 5) is 0. The fourth-order valence-corrected chi connectivity index (χ4v) is 9.51. The summed E-state index contributed by atoms with van der Waals surface area (Å²) < 4.78 is 34.4. The number of aliphatic hydroxyl groups excluding tert-OH is 2. The van der Waals surface area contributed by atoms with E-state index in [4.69, 9.17) is 23.7 Å². The Bertz CT molecular complexity index is 1470. The molecule has 14 unspecified atom stereocenters. The van der Waals surface area contributed by atoms with E-state index in [1.54, 1.807) is 6.08 Å². The highest BCUT2D eigenvalue weighted by atomic mass is 16.6. The van der Waals surface area contributed by atoms with Crippen molar-refractivity contribution in [2.45, 2.75) is 190 Å². The molecule has 0 spiro atoms. The number of aliphatic hydroxyl groups is 3. The molecule has 8 heteroatoms. The summed E-state index contributed by atoms with van der Waals surface area (Å²) >= 11 is 0. The van der Waals surface area contributed by atoms with Gasteiger partial charge in [-0.05, 0) is 116 Å². The zero-order chi connectivity index (χ0) is 38.0. The van der Waals surface area contributed by atoms with Crippen molar-refractivity contribution in [3.05, 3.63) is 84.0 Å². The molecule has 5 aliphatic rings. The summed E-state index contributed by atoms with van der Waals surface area (Å²) in [5.74, 6) is 0.285. The lowest BCUT2D eigenvalue weighted by Gasteiger charge is -2.49. The molecule has 14 atom stereocenters. The van der Waals surface area contributed by atoms with Crippen LogP contribution in [0.3, 0.4) is 0 Å². The SMILES string of the molecule is C=C/C=C\CCC1OC2CCC3(C)OC4C(O)CC5(C)OC(CC/C=C(C)/C(C)=C/C(O)c6ccccc6)C(C)CC5OC4CC3OC2CCC1(C)O. The minimum Gasteiger partial charge on any atom is -0.390 e. The summed E-state index contributed by atoms with van der Waals surface area (Å²) in [6.07, 6.45) is 14.9.